The summed E-state index contributed by atoms with van der Waals surface area (Å²) in [6, 6.07) is 1.10. The fourth-order valence-corrected chi connectivity index (χ4v) is 1.81. The fraction of sp³-hybridized carbons (Fsp3) is 0.900. The molecule has 70 valence electrons. The normalized spacial score (nSPS) is 24.1. The van der Waals surface area contributed by atoms with Gasteiger partial charge in [-0.15, -0.1) is 0 Å². The van der Waals surface area contributed by atoms with Crippen molar-refractivity contribution in [2.75, 3.05) is 6.61 Å². The quantitative estimate of drug-likeness (QED) is 0.576. The summed E-state index contributed by atoms with van der Waals surface area (Å²) in [6.07, 6.45) is 0. The van der Waals surface area contributed by atoms with Crippen molar-refractivity contribution in [3.63, 3.8) is 0 Å². The molecule has 0 aromatic heterocycles. The van der Waals surface area contributed by atoms with Crippen molar-refractivity contribution in [3.05, 3.63) is 0 Å². The molecule has 1 aliphatic heterocycles. The van der Waals surface area contributed by atoms with Crippen molar-refractivity contribution in [1.29, 1.82) is 0 Å². The Balaban J connectivity index is 2.90. The molecule has 0 aliphatic carbocycles. The predicted octanol–water partition coefficient (Wildman–Crippen LogP) is 1.88. The SMILES string of the molecule is CC(C)C1=[N+](C(C)C)[C@H](C)CO1. The van der Waals surface area contributed by atoms with Crippen LogP contribution >= 0.6 is 0 Å². The van der Waals surface area contributed by atoms with Gasteiger partial charge in [0, 0.05) is 6.92 Å². The van der Waals surface area contributed by atoms with E-state index in [1.807, 2.05) is 0 Å². The lowest BCUT2D eigenvalue weighted by molar-refractivity contribution is -0.583. The van der Waals surface area contributed by atoms with E-state index in [4.69, 9.17) is 4.74 Å². The van der Waals surface area contributed by atoms with Crippen LogP contribution in [0.1, 0.15) is 34.6 Å². The zero-order valence-corrected chi connectivity index (χ0v) is 8.79. The van der Waals surface area contributed by atoms with Gasteiger partial charge < -0.3 is 4.74 Å². The van der Waals surface area contributed by atoms with E-state index >= 15 is 0 Å². The van der Waals surface area contributed by atoms with E-state index < -0.39 is 0 Å². The lowest BCUT2D eigenvalue weighted by Crippen LogP contribution is -2.31. The molecule has 0 saturated carbocycles. The Morgan fingerprint density at radius 2 is 1.92 bits per heavy atom. The van der Waals surface area contributed by atoms with Gasteiger partial charge in [0.05, 0.1) is 5.92 Å². The molecule has 0 fully saturated rings. The van der Waals surface area contributed by atoms with Crippen LogP contribution in [-0.2, 0) is 4.74 Å². The number of rotatable bonds is 2. The van der Waals surface area contributed by atoms with Crippen molar-refractivity contribution in [2.24, 2.45) is 5.92 Å². The summed E-state index contributed by atoms with van der Waals surface area (Å²) in [5.74, 6) is 1.68. The van der Waals surface area contributed by atoms with E-state index in [0.717, 1.165) is 12.5 Å². The van der Waals surface area contributed by atoms with E-state index in [1.165, 1.54) is 0 Å². The third-order valence-corrected chi connectivity index (χ3v) is 2.25. The zero-order chi connectivity index (χ0) is 9.30. The summed E-state index contributed by atoms with van der Waals surface area (Å²) in [6.45, 7) is 11.9. The van der Waals surface area contributed by atoms with E-state index in [0.29, 0.717) is 18.0 Å². The first-order chi connectivity index (χ1) is 5.54. The van der Waals surface area contributed by atoms with Gasteiger partial charge in [0.25, 0.3) is 0 Å². The minimum atomic E-state index is 0.511. The molecule has 0 amide bonds. The number of ether oxygens (including phenoxy) is 1. The summed E-state index contributed by atoms with van der Waals surface area (Å²) in [4.78, 5) is 0. The zero-order valence-electron chi connectivity index (χ0n) is 8.79. The Hall–Kier alpha value is -0.530. The van der Waals surface area contributed by atoms with Crippen LogP contribution in [0.4, 0.5) is 0 Å². The summed E-state index contributed by atoms with van der Waals surface area (Å²) in [5.41, 5.74) is 0. The highest BCUT2D eigenvalue weighted by Crippen LogP contribution is 2.13. The predicted molar refractivity (Wildman–Crippen MR) is 50.7 cm³/mol. The minimum Gasteiger partial charge on any atom is -0.441 e. The summed E-state index contributed by atoms with van der Waals surface area (Å²) in [5, 5.41) is 0. The topological polar surface area (TPSA) is 12.2 Å². The van der Waals surface area contributed by atoms with Gasteiger partial charge in [0.15, 0.2) is 18.7 Å². The molecule has 1 aliphatic rings. The van der Waals surface area contributed by atoms with E-state index in [9.17, 15) is 0 Å². The molecular formula is C10H20NO+. The van der Waals surface area contributed by atoms with Crippen LogP contribution in [0, 0.1) is 5.92 Å². The van der Waals surface area contributed by atoms with Crippen molar-refractivity contribution < 1.29 is 9.31 Å². The van der Waals surface area contributed by atoms with E-state index in [1.54, 1.807) is 0 Å². The van der Waals surface area contributed by atoms with E-state index in [2.05, 4.69) is 39.2 Å². The van der Waals surface area contributed by atoms with Gasteiger partial charge in [-0.25, -0.2) is 0 Å². The Kier molecular flexibility index (Phi) is 2.76. The first kappa shape index (κ1) is 9.56. The van der Waals surface area contributed by atoms with Gasteiger partial charge in [-0.1, -0.05) is 0 Å². The second kappa shape index (κ2) is 3.46. The van der Waals surface area contributed by atoms with Crippen LogP contribution in [0.25, 0.3) is 0 Å². The van der Waals surface area contributed by atoms with Gasteiger partial charge in [-0.05, 0) is 27.7 Å². The van der Waals surface area contributed by atoms with Crippen LogP contribution in [-0.4, -0.2) is 29.2 Å². The molecule has 12 heavy (non-hydrogen) atoms. The minimum absolute atomic E-state index is 0.511. The summed E-state index contributed by atoms with van der Waals surface area (Å²) >= 11 is 0. The smallest absolute Gasteiger partial charge is 0.339 e. The van der Waals surface area contributed by atoms with Gasteiger partial charge in [0.1, 0.15) is 0 Å². The number of hydrogen-bond donors (Lipinski definition) is 0. The highest BCUT2D eigenvalue weighted by Gasteiger charge is 2.34. The van der Waals surface area contributed by atoms with Crippen molar-refractivity contribution in [2.45, 2.75) is 46.7 Å². The maximum absolute atomic E-state index is 5.64. The van der Waals surface area contributed by atoms with Gasteiger partial charge in [-0.3, -0.25) is 0 Å². The second-order valence-corrected chi connectivity index (χ2v) is 4.15. The number of hydrogen-bond acceptors (Lipinski definition) is 1. The van der Waals surface area contributed by atoms with Crippen LogP contribution in [0.15, 0.2) is 0 Å². The number of nitrogens with zero attached hydrogens (tertiary/aromatic N) is 1. The third kappa shape index (κ3) is 1.62. The largest absolute Gasteiger partial charge is 0.441 e. The molecule has 0 bridgehead atoms. The van der Waals surface area contributed by atoms with Crippen LogP contribution < -0.4 is 0 Å². The molecule has 0 aromatic carbocycles. The van der Waals surface area contributed by atoms with Gasteiger partial charge >= 0.3 is 5.90 Å². The highest BCUT2D eigenvalue weighted by molar-refractivity contribution is 5.73. The Labute approximate surface area is 75.2 Å². The molecule has 1 heterocycles. The van der Waals surface area contributed by atoms with E-state index in [-0.39, 0.29) is 0 Å². The van der Waals surface area contributed by atoms with Crippen molar-refractivity contribution in [1.82, 2.24) is 0 Å². The average Bonchev–Trinajstić information content (AvgIpc) is 2.30. The standard InChI is InChI=1S/C10H20NO/c1-7(2)10-11(8(3)4)9(5)6-12-10/h7-9H,6H2,1-5H3/q+1/t9-/m1/s1. The monoisotopic (exact) mass is 170 g/mol. The maximum atomic E-state index is 5.64. The van der Waals surface area contributed by atoms with Crippen LogP contribution in [0.2, 0.25) is 0 Å². The molecule has 0 spiro atoms. The molecule has 2 nitrogen and oxygen atoms in total. The first-order valence-corrected chi connectivity index (χ1v) is 4.82. The molecule has 0 N–H and O–H groups in total. The lowest BCUT2D eigenvalue weighted by atomic mass is 10.2. The lowest BCUT2D eigenvalue weighted by Gasteiger charge is -2.08. The van der Waals surface area contributed by atoms with Gasteiger partial charge in [0.2, 0.25) is 0 Å². The van der Waals surface area contributed by atoms with Gasteiger partial charge in [-0.2, -0.15) is 4.58 Å². The first-order valence-electron chi connectivity index (χ1n) is 4.82. The Morgan fingerprint density at radius 3 is 2.25 bits per heavy atom. The Bertz CT molecular complexity index is 194. The maximum Gasteiger partial charge on any atom is 0.339 e. The average molecular weight is 170 g/mol. The summed E-state index contributed by atoms with van der Waals surface area (Å²) < 4.78 is 8.02. The molecular weight excluding hydrogens is 150 g/mol. The summed E-state index contributed by atoms with van der Waals surface area (Å²) in [7, 11) is 0. The molecule has 0 saturated heterocycles. The highest BCUT2D eigenvalue weighted by atomic mass is 16.5. The molecule has 0 radical (unpaired) electrons. The van der Waals surface area contributed by atoms with Crippen molar-refractivity contribution in [3.8, 4) is 0 Å². The third-order valence-electron chi connectivity index (χ3n) is 2.25. The fourth-order valence-electron chi connectivity index (χ4n) is 1.81. The van der Waals surface area contributed by atoms with Crippen LogP contribution in [0.5, 0.6) is 0 Å². The Morgan fingerprint density at radius 1 is 1.33 bits per heavy atom. The molecule has 1 atom stereocenters. The molecule has 0 aromatic rings. The molecule has 1 rings (SSSR count). The van der Waals surface area contributed by atoms with Crippen LogP contribution in [0.3, 0.4) is 0 Å². The molecule has 0 unspecified atom stereocenters. The van der Waals surface area contributed by atoms with Crippen molar-refractivity contribution >= 4 is 5.90 Å². The molecule has 2 heteroatoms. The second-order valence-electron chi connectivity index (χ2n) is 4.15.